The highest BCUT2D eigenvalue weighted by atomic mass is 35.5. The van der Waals surface area contributed by atoms with Gasteiger partial charge in [0.05, 0.1) is 12.3 Å². The number of amides is 1. The van der Waals surface area contributed by atoms with Crippen molar-refractivity contribution in [2.24, 2.45) is 0 Å². The highest BCUT2D eigenvalue weighted by molar-refractivity contribution is 6.30. The Labute approximate surface area is 115 Å². The van der Waals surface area contributed by atoms with Crippen molar-refractivity contribution in [1.29, 1.82) is 0 Å². The maximum atomic E-state index is 11.7. The van der Waals surface area contributed by atoms with Crippen LogP contribution in [-0.4, -0.2) is 27.5 Å². The molecular weight excluding hydrogens is 266 g/mol. The third kappa shape index (κ3) is 3.74. The van der Waals surface area contributed by atoms with Gasteiger partial charge in [0.2, 0.25) is 0 Å². The largest absolute Gasteiger partial charge is 0.387 e. The molecule has 1 aromatic carbocycles. The summed E-state index contributed by atoms with van der Waals surface area (Å²) in [5.74, 6) is -0.374. The lowest BCUT2D eigenvalue weighted by Gasteiger charge is -2.12. The Bertz CT molecular complexity index is 546. The minimum Gasteiger partial charge on any atom is -0.387 e. The zero-order valence-corrected chi connectivity index (χ0v) is 10.7. The second-order valence-corrected chi connectivity index (χ2v) is 4.30. The minimum atomic E-state index is -0.794. The van der Waals surface area contributed by atoms with Gasteiger partial charge in [0.1, 0.15) is 5.69 Å². The van der Waals surface area contributed by atoms with E-state index >= 15 is 0 Å². The van der Waals surface area contributed by atoms with Crippen LogP contribution in [0.2, 0.25) is 5.02 Å². The molecule has 0 saturated heterocycles. The first-order valence-electron chi connectivity index (χ1n) is 5.64. The van der Waals surface area contributed by atoms with E-state index in [1.807, 2.05) is 0 Å². The van der Waals surface area contributed by atoms with Gasteiger partial charge in [0.25, 0.3) is 5.91 Å². The topological polar surface area (TPSA) is 75.1 Å². The molecule has 0 fully saturated rings. The van der Waals surface area contributed by atoms with E-state index in [9.17, 15) is 9.90 Å². The number of carbonyl (C=O) groups is 1. The summed E-state index contributed by atoms with van der Waals surface area (Å²) < 4.78 is 0. The van der Waals surface area contributed by atoms with Crippen molar-refractivity contribution in [1.82, 2.24) is 15.3 Å². The molecule has 0 aliphatic rings. The van der Waals surface area contributed by atoms with E-state index in [4.69, 9.17) is 11.6 Å². The number of nitrogens with one attached hydrogen (secondary N) is 1. The van der Waals surface area contributed by atoms with Gasteiger partial charge in [-0.15, -0.1) is 0 Å². The number of hydrogen-bond acceptors (Lipinski definition) is 4. The Morgan fingerprint density at radius 1 is 1.32 bits per heavy atom. The van der Waals surface area contributed by atoms with Crippen molar-refractivity contribution in [2.75, 3.05) is 6.54 Å². The molecule has 1 aromatic heterocycles. The summed E-state index contributed by atoms with van der Waals surface area (Å²) in [5.41, 5.74) is 0.898. The van der Waals surface area contributed by atoms with Crippen LogP contribution in [0.5, 0.6) is 0 Å². The van der Waals surface area contributed by atoms with E-state index in [1.165, 1.54) is 18.6 Å². The summed E-state index contributed by atoms with van der Waals surface area (Å²) in [6, 6.07) is 6.79. The van der Waals surface area contributed by atoms with E-state index in [0.29, 0.717) is 10.6 Å². The van der Waals surface area contributed by atoms with Gasteiger partial charge in [0.15, 0.2) is 0 Å². The van der Waals surface area contributed by atoms with Gasteiger partial charge in [-0.25, -0.2) is 4.98 Å². The molecule has 0 saturated carbocycles. The summed E-state index contributed by atoms with van der Waals surface area (Å²) in [6.45, 7) is 0.0943. The van der Waals surface area contributed by atoms with Gasteiger partial charge in [-0.1, -0.05) is 23.7 Å². The van der Waals surface area contributed by atoms with E-state index in [2.05, 4.69) is 15.3 Å². The molecule has 0 radical (unpaired) electrons. The van der Waals surface area contributed by atoms with Gasteiger partial charge < -0.3 is 10.4 Å². The second kappa shape index (κ2) is 6.26. The Balaban J connectivity index is 1.92. The Morgan fingerprint density at radius 2 is 2.05 bits per heavy atom. The average Bonchev–Trinajstić information content (AvgIpc) is 2.46. The number of carbonyl (C=O) groups excluding carboxylic acids is 1. The Morgan fingerprint density at radius 3 is 2.68 bits per heavy atom. The summed E-state index contributed by atoms with van der Waals surface area (Å²) in [7, 11) is 0. The summed E-state index contributed by atoms with van der Waals surface area (Å²) in [6.07, 6.45) is 3.49. The summed E-state index contributed by atoms with van der Waals surface area (Å²) >= 11 is 5.76. The van der Waals surface area contributed by atoms with Crippen LogP contribution < -0.4 is 5.32 Å². The first kappa shape index (κ1) is 13.5. The van der Waals surface area contributed by atoms with Gasteiger partial charge >= 0.3 is 0 Å². The lowest BCUT2D eigenvalue weighted by atomic mass is 10.1. The predicted molar refractivity (Wildman–Crippen MR) is 70.8 cm³/mol. The fourth-order valence-electron chi connectivity index (χ4n) is 1.50. The van der Waals surface area contributed by atoms with Crippen LogP contribution in [-0.2, 0) is 0 Å². The number of halogens is 1. The quantitative estimate of drug-likeness (QED) is 0.890. The molecule has 0 spiro atoms. The second-order valence-electron chi connectivity index (χ2n) is 3.87. The van der Waals surface area contributed by atoms with Crippen LogP contribution in [0.25, 0.3) is 0 Å². The molecule has 1 heterocycles. The van der Waals surface area contributed by atoms with Gasteiger partial charge in [-0.3, -0.25) is 9.78 Å². The maximum Gasteiger partial charge on any atom is 0.271 e. The fraction of sp³-hybridized carbons (Fsp3) is 0.154. The number of hydrogen-bond donors (Lipinski definition) is 2. The van der Waals surface area contributed by atoms with Gasteiger partial charge in [0, 0.05) is 24.0 Å². The van der Waals surface area contributed by atoms with Gasteiger partial charge in [-0.2, -0.15) is 0 Å². The lowest BCUT2D eigenvalue weighted by molar-refractivity contribution is 0.0911. The zero-order chi connectivity index (χ0) is 13.7. The molecular formula is C13H12ClN3O2. The van der Waals surface area contributed by atoms with Crippen molar-refractivity contribution in [3.63, 3.8) is 0 Å². The molecule has 1 atom stereocenters. The average molecular weight is 278 g/mol. The van der Waals surface area contributed by atoms with Crippen molar-refractivity contribution < 1.29 is 9.90 Å². The van der Waals surface area contributed by atoms with Crippen LogP contribution in [0.4, 0.5) is 0 Å². The SMILES string of the molecule is O=C(NCC(O)c1ccc(Cl)cc1)c1cnccn1. The Hall–Kier alpha value is -1.98. The number of rotatable bonds is 4. The molecule has 19 heavy (non-hydrogen) atoms. The van der Waals surface area contributed by atoms with Crippen LogP contribution in [0, 0.1) is 0 Å². The maximum absolute atomic E-state index is 11.7. The molecule has 2 aromatic rings. The molecule has 5 nitrogen and oxygen atoms in total. The molecule has 0 aliphatic carbocycles. The number of aliphatic hydroxyl groups is 1. The third-order valence-electron chi connectivity index (χ3n) is 2.51. The lowest BCUT2D eigenvalue weighted by Crippen LogP contribution is -2.29. The van der Waals surface area contributed by atoms with Crippen LogP contribution >= 0.6 is 11.6 Å². The predicted octanol–water partition coefficient (Wildman–Crippen LogP) is 1.59. The molecule has 98 valence electrons. The zero-order valence-electron chi connectivity index (χ0n) is 9.95. The van der Waals surface area contributed by atoms with Crippen LogP contribution in [0.3, 0.4) is 0 Å². The fourth-order valence-corrected chi connectivity index (χ4v) is 1.63. The van der Waals surface area contributed by atoms with Crippen molar-refractivity contribution in [2.45, 2.75) is 6.10 Å². The molecule has 1 amide bonds. The first-order valence-corrected chi connectivity index (χ1v) is 6.02. The third-order valence-corrected chi connectivity index (χ3v) is 2.76. The molecule has 2 N–H and O–H groups in total. The van der Waals surface area contributed by atoms with E-state index in [0.717, 1.165) is 0 Å². The van der Waals surface area contributed by atoms with E-state index < -0.39 is 6.10 Å². The van der Waals surface area contributed by atoms with E-state index in [-0.39, 0.29) is 18.1 Å². The number of aromatic nitrogens is 2. The Kier molecular flexibility index (Phi) is 4.43. The molecule has 2 rings (SSSR count). The van der Waals surface area contributed by atoms with E-state index in [1.54, 1.807) is 24.3 Å². The summed E-state index contributed by atoms with van der Waals surface area (Å²) in [5, 5.41) is 13.1. The molecule has 6 heteroatoms. The number of benzene rings is 1. The van der Waals surface area contributed by atoms with Gasteiger partial charge in [-0.05, 0) is 17.7 Å². The van der Waals surface area contributed by atoms with Crippen molar-refractivity contribution in [3.8, 4) is 0 Å². The first-order chi connectivity index (χ1) is 9.16. The number of nitrogens with zero attached hydrogens (tertiary/aromatic N) is 2. The molecule has 1 unspecified atom stereocenters. The van der Waals surface area contributed by atoms with Crippen molar-refractivity contribution in [3.05, 3.63) is 59.1 Å². The van der Waals surface area contributed by atoms with Crippen molar-refractivity contribution >= 4 is 17.5 Å². The normalized spacial score (nSPS) is 11.9. The number of aliphatic hydroxyl groups excluding tert-OH is 1. The highest BCUT2D eigenvalue weighted by Gasteiger charge is 2.11. The standard InChI is InChI=1S/C13H12ClN3O2/c14-10-3-1-9(2-4-10)12(18)8-17-13(19)11-7-15-5-6-16-11/h1-7,12,18H,8H2,(H,17,19). The van der Waals surface area contributed by atoms with Crippen LogP contribution in [0.1, 0.15) is 22.2 Å². The molecule has 0 aliphatic heterocycles. The minimum absolute atomic E-state index is 0.0943. The monoisotopic (exact) mass is 277 g/mol. The van der Waals surface area contributed by atoms with Crippen LogP contribution in [0.15, 0.2) is 42.9 Å². The highest BCUT2D eigenvalue weighted by Crippen LogP contribution is 2.15. The molecule has 0 bridgehead atoms. The smallest absolute Gasteiger partial charge is 0.271 e. The summed E-state index contributed by atoms with van der Waals surface area (Å²) in [4.78, 5) is 19.4.